The number of hydrogen-bond acceptors (Lipinski definition) is 9. The van der Waals surface area contributed by atoms with Crippen LogP contribution in [0.3, 0.4) is 0 Å². The number of phosphoric acid groups is 1. The summed E-state index contributed by atoms with van der Waals surface area (Å²) < 4.78 is 42.3. The number of phosphoric ester groups is 1. The van der Waals surface area contributed by atoms with Gasteiger partial charge in [0.05, 0.1) is 60.0 Å². The number of nitriles is 1. The molecule has 0 bridgehead atoms. The largest absolute Gasteiger partial charge is 1.00 e. The molecular weight excluding hydrogens is 811 g/mol. The van der Waals surface area contributed by atoms with Gasteiger partial charge in [0, 0.05) is 12.8 Å². The normalized spacial score (nSPS) is 13.0. The van der Waals surface area contributed by atoms with Crippen LogP contribution in [0.2, 0.25) is 0 Å². The van der Waals surface area contributed by atoms with E-state index in [1.54, 1.807) is 0 Å². The van der Waals surface area contributed by atoms with Gasteiger partial charge in [-0.15, -0.1) is 0 Å². The predicted octanol–water partition coefficient (Wildman–Crippen LogP) is 11.5. The SMILES string of the molecule is CCCCCCCCCCCCCCCCCC(=O)OCC(COP(=O)(OCCC#N)OCCCC[N+](C)(C)C)OC(=O)CCCCCCCCCCCCCCCCC.[Cl-]. The zero-order chi connectivity index (χ0) is 44.3. The van der Waals surface area contributed by atoms with E-state index < -0.39 is 19.9 Å². The summed E-state index contributed by atoms with van der Waals surface area (Å²) in [6.45, 7) is 4.96. The Kier molecular flexibility index (Phi) is 46.0. The molecule has 0 aliphatic rings. The minimum atomic E-state index is -4.06. The first kappa shape index (κ1) is 61.9. The van der Waals surface area contributed by atoms with Crippen LogP contribution in [0.1, 0.15) is 239 Å². The molecule has 12 heteroatoms. The van der Waals surface area contributed by atoms with Crippen LogP contribution >= 0.6 is 7.82 Å². The van der Waals surface area contributed by atoms with Gasteiger partial charge in [0.1, 0.15) is 6.61 Å². The number of rotatable bonds is 47. The zero-order valence-corrected chi connectivity index (χ0v) is 42.0. The molecule has 0 N–H and O–H groups in total. The summed E-state index contributed by atoms with van der Waals surface area (Å²) >= 11 is 0. The Bertz CT molecular complexity index is 1070. The van der Waals surface area contributed by atoms with Crippen LogP contribution in [0.4, 0.5) is 0 Å². The topological polar surface area (TPSA) is 121 Å². The van der Waals surface area contributed by atoms with Gasteiger partial charge in [0.15, 0.2) is 6.10 Å². The molecule has 61 heavy (non-hydrogen) atoms. The maximum atomic E-state index is 13.5. The average Bonchev–Trinajstić information content (AvgIpc) is 3.21. The number of quaternary nitrogens is 1. The van der Waals surface area contributed by atoms with E-state index in [9.17, 15) is 14.2 Å². The summed E-state index contributed by atoms with van der Waals surface area (Å²) in [6, 6.07) is 1.97. The number of hydrogen-bond donors (Lipinski definition) is 0. The lowest BCUT2D eigenvalue weighted by Gasteiger charge is -2.24. The molecule has 0 rings (SSSR count). The number of unbranched alkanes of at least 4 members (excludes halogenated alkanes) is 29. The number of ether oxygens (including phenoxy) is 2. The maximum Gasteiger partial charge on any atom is 0.474 e. The molecular formula is C49H96ClN2O8P. The molecule has 0 aliphatic carbocycles. The highest BCUT2D eigenvalue weighted by atomic mass is 35.5. The molecule has 0 heterocycles. The van der Waals surface area contributed by atoms with Crippen LogP contribution in [0.25, 0.3) is 0 Å². The Labute approximate surface area is 382 Å². The number of carbonyl (C=O) groups is 2. The minimum Gasteiger partial charge on any atom is -1.00 e. The van der Waals surface area contributed by atoms with Gasteiger partial charge in [-0.1, -0.05) is 194 Å². The highest BCUT2D eigenvalue weighted by Crippen LogP contribution is 2.50. The van der Waals surface area contributed by atoms with Crippen molar-refractivity contribution in [3.05, 3.63) is 0 Å². The highest BCUT2D eigenvalue weighted by Gasteiger charge is 2.30. The Morgan fingerprint density at radius 1 is 0.508 bits per heavy atom. The third-order valence-corrected chi connectivity index (χ3v) is 12.5. The summed E-state index contributed by atoms with van der Waals surface area (Å²) in [6.07, 6.45) is 38.6. The first-order valence-electron chi connectivity index (χ1n) is 25.1. The van der Waals surface area contributed by atoms with E-state index in [0.29, 0.717) is 12.8 Å². The standard InChI is InChI=1S/C49H96N2O8P.ClH/c1-6-8-10-12-14-16-18-20-22-24-26-28-30-32-34-39-48(52)55-45-47(46-58-60(54,57-44-38-41-50)56-43-37-36-42-51(3,4)5)59-49(53)40-35-33-31-29-27-25-23-21-19-17-15-13-11-9-7-2;/h47H,6-40,42-46H2,1-5H3;1H/q+1;/p-1. The van der Waals surface area contributed by atoms with Crippen LogP contribution in [0, 0.1) is 11.3 Å². The molecule has 0 saturated carbocycles. The second-order valence-electron chi connectivity index (χ2n) is 18.2. The van der Waals surface area contributed by atoms with Crippen molar-refractivity contribution in [3.63, 3.8) is 0 Å². The number of halogens is 1. The maximum absolute atomic E-state index is 13.5. The third-order valence-electron chi connectivity index (χ3n) is 11.1. The quantitative estimate of drug-likeness (QED) is 0.0254. The van der Waals surface area contributed by atoms with Gasteiger partial charge in [-0.3, -0.25) is 23.2 Å². The fourth-order valence-electron chi connectivity index (χ4n) is 7.25. The van der Waals surface area contributed by atoms with Crippen molar-refractivity contribution < 1.29 is 54.1 Å². The van der Waals surface area contributed by atoms with E-state index >= 15 is 0 Å². The van der Waals surface area contributed by atoms with Crippen LogP contribution in [-0.4, -0.2) is 76.6 Å². The summed E-state index contributed by atoms with van der Waals surface area (Å²) in [5, 5.41) is 9.00. The zero-order valence-electron chi connectivity index (χ0n) is 40.3. The molecule has 0 saturated heterocycles. The number of nitrogens with zero attached hydrogens (tertiary/aromatic N) is 2. The molecule has 0 aromatic rings. The van der Waals surface area contributed by atoms with Crippen LogP contribution in [0.5, 0.6) is 0 Å². The van der Waals surface area contributed by atoms with E-state index in [-0.39, 0.29) is 57.6 Å². The van der Waals surface area contributed by atoms with E-state index in [4.69, 9.17) is 28.3 Å². The summed E-state index contributed by atoms with van der Waals surface area (Å²) in [5.74, 6) is -0.756. The molecule has 0 amide bonds. The second-order valence-corrected chi connectivity index (χ2v) is 19.9. The Balaban J connectivity index is 0. The van der Waals surface area contributed by atoms with Gasteiger partial charge < -0.3 is 26.4 Å². The monoisotopic (exact) mass is 907 g/mol. The molecule has 0 aromatic carbocycles. The molecule has 0 spiro atoms. The summed E-state index contributed by atoms with van der Waals surface area (Å²) in [7, 11) is 2.25. The van der Waals surface area contributed by atoms with E-state index in [2.05, 4.69) is 35.0 Å². The van der Waals surface area contributed by atoms with Crippen molar-refractivity contribution in [2.75, 3.05) is 54.1 Å². The Morgan fingerprint density at radius 3 is 1.28 bits per heavy atom. The average molecular weight is 908 g/mol. The van der Waals surface area contributed by atoms with Crippen molar-refractivity contribution in [2.45, 2.75) is 245 Å². The molecule has 0 radical (unpaired) electrons. The van der Waals surface area contributed by atoms with E-state index in [1.807, 2.05) is 6.07 Å². The number of esters is 2. The third kappa shape index (κ3) is 46.6. The van der Waals surface area contributed by atoms with Crippen molar-refractivity contribution in [1.29, 1.82) is 5.26 Å². The van der Waals surface area contributed by atoms with E-state index in [0.717, 1.165) is 56.0 Å². The molecule has 0 aromatic heterocycles. The van der Waals surface area contributed by atoms with Gasteiger partial charge in [-0.05, 0) is 25.7 Å². The molecule has 2 atom stereocenters. The van der Waals surface area contributed by atoms with Crippen LogP contribution in [-0.2, 0) is 37.2 Å². The molecule has 10 nitrogen and oxygen atoms in total. The van der Waals surface area contributed by atoms with E-state index in [1.165, 1.54) is 154 Å². The molecule has 0 fully saturated rings. The second kappa shape index (κ2) is 45.4. The van der Waals surface area contributed by atoms with Crippen molar-refractivity contribution in [1.82, 2.24) is 0 Å². The van der Waals surface area contributed by atoms with Crippen molar-refractivity contribution in [3.8, 4) is 6.07 Å². The number of carbonyl (C=O) groups excluding carboxylic acids is 2. The molecule has 2 unspecified atom stereocenters. The first-order chi connectivity index (χ1) is 29.0. The minimum absolute atomic E-state index is 0. The van der Waals surface area contributed by atoms with Gasteiger partial charge in [-0.2, -0.15) is 5.26 Å². The van der Waals surface area contributed by atoms with Crippen LogP contribution in [0.15, 0.2) is 0 Å². The lowest BCUT2D eigenvalue weighted by Crippen LogP contribution is -3.00. The van der Waals surface area contributed by atoms with Crippen LogP contribution < -0.4 is 12.4 Å². The highest BCUT2D eigenvalue weighted by molar-refractivity contribution is 7.48. The van der Waals surface area contributed by atoms with Gasteiger partial charge in [0.25, 0.3) is 0 Å². The Hall–Kier alpha value is -1.21. The first-order valence-corrected chi connectivity index (χ1v) is 26.6. The van der Waals surface area contributed by atoms with Crippen molar-refractivity contribution in [2.24, 2.45) is 0 Å². The fraction of sp³-hybridized carbons (Fsp3) is 0.939. The van der Waals surface area contributed by atoms with Crippen molar-refractivity contribution >= 4 is 19.8 Å². The van der Waals surface area contributed by atoms with Gasteiger partial charge in [-0.25, -0.2) is 4.57 Å². The fourth-order valence-corrected chi connectivity index (χ4v) is 8.49. The predicted molar refractivity (Wildman–Crippen MR) is 248 cm³/mol. The smallest absolute Gasteiger partial charge is 0.474 e. The summed E-state index contributed by atoms with van der Waals surface area (Å²) in [4.78, 5) is 25.6. The molecule has 0 aliphatic heterocycles. The molecule has 362 valence electrons. The van der Waals surface area contributed by atoms with Gasteiger partial charge in [0.2, 0.25) is 0 Å². The summed E-state index contributed by atoms with van der Waals surface area (Å²) in [5.41, 5.74) is 0. The van der Waals surface area contributed by atoms with Gasteiger partial charge >= 0.3 is 19.8 Å². The lowest BCUT2D eigenvalue weighted by molar-refractivity contribution is -0.870. The lowest BCUT2D eigenvalue weighted by atomic mass is 10.0. The Morgan fingerprint density at radius 2 is 0.885 bits per heavy atom.